The van der Waals surface area contributed by atoms with E-state index in [9.17, 15) is 18.0 Å². The number of aryl methyl sites for hydroxylation is 1. The molecule has 1 unspecified atom stereocenters. The summed E-state index contributed by atoms with van der Waals surface area (Å²) < 4.78 is 31.7. The van der Waals surface area contributed by atoms with Gasteiger partial charge in [-0.05, 0) is 23.8 Å². The van der Waals surface area contributed by atoms with Crippen molar-refractivity contribution in [1.82, 2.24) is 4.72 Å². The molecular weight excluding hydrogens is 316 g/mol. The fraction of sp³-hybridized carbons (Fsp3) is 0.500. The van der Waals surface area contributed by atoms with Crippen LogP contribution in [-0.4, -0.2) is 33.4 Å². The maximum atomic E-state index is 12.5. The van der Waals surface area contributed by atoms with Crippen LogP contribution in [0.1, 0.15) is 29.1 Å². The molecule has 1 heterocycles. The number of hydrogen-bond acceptors (Lipinski definition) is 6. The summed E-state index contributed by atoms with van der Waals surface area (Å²) in [7, 11) is -2.90. The summed E-state index contributed by atoms with van der Waals surface area (Å²) in [5.41, 5.74) is 5.61. The van der Waals surface area contributed by atoms with Gasteiger partial charge in [0.2, 0.25) is 15.9 Å². The van der Waals surface area contributed by atoms with Gasteiger partial charge in [0.1, 0.15) is 15.8 Å². The molecule has 0 aromatic carbocycles. The highest BCUT2D eigenvalue weighted by atomic mass is 32.2. The van der Waals surface area contributed by atoms with Gasteiger partial charge in [-0.15, -0.1) is 11.3 Å². The van der Waals surface area contributed by atoms with Crippen LogP contribution in [0, 0.1) is 12.8 Å². The lowest BCUT2D eigenvalue weighted by molar-refractivity contribution is -0.120. The Labute approximate surface area is 127 Å². The number of amides is 1. The van der Waals surface area contributed by atoms with Crippen LogP contribution in [0.15, 0.2) is 10.3 Å². The van der Waals surface area contributed by atoms with Gasteiger partial charge < -0.3 is 10.5 Å². The summed E-state index contributed by atoms with van der Waals surface area (Å²) in [6, 6.07) is -1.06. The number of primary amides is 1. The second kappa shape index (κ2) is 6.54. The van der Waals surface area contributed by atoms with Gasteiger partial charge in [-0.25, -0.2) is 13.2 Å². The quantitative estimate of drug-likeness (QED) is 0.740. The molecule has 118 valence electrons. The van der Waals surface area contributed by atoms with Crippen molar-refractivity contribution in [3.05, 3.63) is 15.8 Å². The SMILES string of the molecule is COC(=O)c1scc(C)c1S(=O)(=O)NC(C(N)=O)C(C)C. The van der Waals surface area contributed by atoms with E-state index in [-0.39, 0.29) is 15.7 Å². The predicted octanol–water partition coefficient (Wildman–Crippen LogP) is 0.631. The van der Waals surface area contributed by atoms with Crippen molar-refractivity contribution in [2.24, 2.45) is 11.7 Å². The molecular formula is C12H18N2O5S2. The van der Waals surface area contributed by atoms with E-state index in [0.29, 0.717) is 5.56 Å². The highest BCUT2D eigenvalue weighted by molar-refractivity contribution is 7.89. The number of hydrogen-bond donors (Lipinski definition) is 2. The molecule has 0 aliphatic heterocycles. The van der Waals surface area contributed by atoms with E-state index in [0.717, 1.165) is 11.3 Å². The number of esters is 1. The first-order chi connectivity index (χ1) is 9.61. The van der Waals surface area contributed by atoms with E-state index in [1.165, 1.54) is 12.5 Å². The highest BCUT2D eigenvalue weighted by Crippen LogP contribution is 2.28. The third-order valence-electron chi connectivity index (χ3n) is 2.81. The molecule has 9 heteroatoms. The van der Waals surface area contributed by atoms with Gasteiger partial charge >= 0.3 is 5.97 Å². The number of methoxy groups -OCH3 is 1. The van der Waals surface area contributed by atoms with Gasteiger partial charge in [0.15, 0.2) is 0 Å². The largest absolute Gasteiger partial charge is 0.465 e. The second-order valence-corrected chi connectivity index (χ2v) is 7.34. The minimum absolute atomic E-state index is 0.0329. The molecule has 1 rings (SSSR count). The number of rotatable bonds is 6. The number of carbonyl (C=O) groups excluding carboxylic acids is 2. The Morgan fingerprint density at radius 3 is 2.38 bits per heavy atom. The van der Waals surface area contributed by atoms with E-state index in [2.05, 4.69) is 9.46 Å². The van der Waals surface area contributed by atoms with Gasteiger partial charge in [0.05, 0.1) is 7.11 Å². The van der Waals surface area contributed by atoms with Gasteiger partial charge in [-0.2, -0.15) is 4.72 Å². The first-order valence-electron chi connectivity index (χ1n) is 6.09. The average Bonchev–Trinajstić information content (AvgIpc) is 2.77. The van der Waals surface area contributed by atoms with Gasteiger partial charge in [-0.3, -0.25) is 4.79 Å². The zero-order chi connectivity index (χ0) is 16.4. The normalized spacial score (nSPS) is 13.2. The summed E-state index contributed by atoms with van der Waals surface area (Å²) in [5.74, 6) is -1.84. The molecule has 0 radical (unpaired) electrons. The van der Waals surface area contributed by atoms with E-state index in [1.807, 2.05) is 0 Å². The number of ether oxygens (including phenoxy) is 1. The Balaban J connectivity index is 3.29. The molecule has 1 amide bonds. The Morgan fingerprint density at radius 1 is 1.38 bits per heavy atom. The molecule has 0 aliphatic rings. The first kappa shape index (κ1) is 17.6. The summed E-state index contributed by atoms with van der Waals surface area (Å²) in [5, 5.41) is 1.54. The van der Waals surface area contributed by atoms with Crippen LogP contribution in [0.4, 0.5) is 0 Å². The summed E-state index contributed by atoms with van der Waals surface area (Å²) >= 11 is 0.970. The van der Waals surface area contributed by atoms with Crippen LogP contribution >= 0.6 is 11.3 Å². The summed E-state index contributed by atoms with van der Waals surface area (Å²) in [4.78, 5) is 22.8. The van der Waals surface area contributed by atoms with E-state index in [4.69, 9.17) is 5.73 Å². The lowest BCUT2D eigenvalue weighted by Gasteiger charge is -2.19. The van der Waals surface area contributed by atoms with Crippen LogP contribution in [-0.2, 0) is 19.6 Å². The van der Waals surface area contributed by atoms with E-state index in [1.54, 1.807) is 20.8 Å². The Hall–Kier alpha value is -1.45. The molecule has 0 spiro atoms. The van der Waals surface area contributed by atoms with Crippen molar-refractivity contribution >= 4 is 33.2 Å². The maximum Gasteiger partial charge on any atom is 0.349 e. The third kappa shape index (κ3) is 3.80. The number of thiophene rings is 1. The molecule has 0 saturated heterocycles. The molecule has 0 fully saturated rings. The topological polar surface area (TPSA) is 116 Å². The zero-order valence-corrected chi connectivity index (χ0v) is 13.8. The minimum atomic E-state index is -4.06. The van der Waals surface area contributed by atoms with Crippen LogP contribution in [0.2, 0.25) is 0 Å². The maximum absolute atomic E-state index is 12.5. The standard InChI is InChI=1S/C12H18N2O5S2/c1-6(2)8(11(13)15)14-21(17,18)10-7(3)5-20-9(10)12(16)19-4/h5-6,8,14H,1-4H3,(H2,13,15). The molecule has 21 heavy (non-hydrogen) atoms. The van der Waals surface area contributed by atoms with Crippen LogP contribution < -0.4 is 10.5 Å². The zero-order valence-electron chi connectivity index (χ0n) is 12.2. The van der Waals surface area contributed by atoms with Crippen molar-refractivity contribution < 1.29 is 22.7 Å². The fourth-order valence-electron chi connectivity index (χ4n) is 1.75. The Morgan fingerprint density at radius 2 is 1.95 bits per heavy atom. The van der Waals surface area contributed by atoms with Crippen LogP contribution in [0.5, 0.6) is 0 Å². The lowest BCUT2D eigenvalue weighted by Crippen LogP contribution is -2.47. The van der Waals surface area contributed by atoms with Crippen molar-refractivity contribution in [2.75, 3.05) is 7.11 Å². The molecule has 0 saturated carbocycles. The van der Waals surface area contributed by atoms with Gasteiger partial charge in [-0.1, -0.05) is 13.8 Å². The van der Waals surface area contributed by atoms with Gasteiger partial charge in [0.25, 0.3) is 0 Å². The molecule has 3 N–H and O–H groups in total. The van der Waals surface area contributed by atoms with Crippen LogP contribution in [0.25, 0.3) is 0 Å². The Bertz CT molecular complexity index is 649. The van der Waals surface area contributed by atoms with E-state index >= 15 is 0 Å². The van der Waals surface area contributed by atoms with Crippen molar-refractivity contribution in [1.29, 1.82) is 0 Å². The van der Waals surface area contributed by atoms with Gasteiger partial charge in [0, 0.05) is 0 Å². The monoisotopic (exact) mass is 334 g/mol. The highest BCUT2D eigenvalue weighted by Gasteiger charge is 2.32. The van der Waals surface area contributed by atoms with Crippen molar-refractivity contribution in [2.45, 2.75) is 31.7 Å². The molecule has 1 atom stereocenters. The number of nitrogens with one attached hydrogen (secondary N) is 1. The second-order valence-electron chi connectivity index (χ2n) is 4.81. The number of carbonyl (C=O) groups is 2. The smallest absolute Gasteiger partial charge is 0.349 e. The van der Waals surface area contributed by atoms with Crippen molar-refractivity contribution in [3.63, 3.8) is 0 Å². The third-order valence-corrected chi connectivity index (χ3v) is 5.65. The van der Waals surface area contributed by atoms with Crippen molar-refractivity contribution in [3.8, 4) is 0 Å². The first-order valence-corrected chi connectivity index (χ1v) is 8.46. The Kier molecular flexibility index (Phi) is 5.48. The molecule has 7 nitrogen and oxygen atoms in total. The number of sulfonamides is 1. The molecule has 1 aromatic rings. The molecule has 0 bridgehead atoms. The summed E-state index contributed by atoms with van der Waals surface area (Å²) in [6.45, 7) is 4.89. The molecule has 0 aliphatic carbocycles. The van der Waals surface area contributed by atoms with E-state index < -0.39 is 27.9 Å². The summed E-state index contributed by atoms with van der Waals surface area (Å²) in [6.07, 6.45) is 0. The predicted molar refractivity (Wildman–Crippen MR) is 78.5 cm³/mol. The minimum Gasteiger partial charge on any atom is -0.465 e. The molecule has 1 aromatic heterocycles. The lowest BCUT2D eigenvalue weighted by atomic mass is 10.1. The number of nitrogens with two attached hydrogens (primary N) is 1. The fourth-order valence-corrected chi connectivity index (χ4v) is 4.81. The van der Waals surface area contributed by atoms with Crippen LogP contribution in [0.3, 0.4) is 0 Å². The average molecular weight is 334 g/mol.